The Balaban J connectivity index is 1.73. The lowest BCUT2D eigenvalue weighted by atomic mass is 10.1. The van der Waals surface area contributed by atoms with Crippen molar-refractivity contribution in [3.8, 4) is 5.75 Å². The van der Waals surface area contributed by atoms with Gasteiger partial charge in [-0.2, -0.15) is 0 Å². The first-order chi connectivity index (χ1) is 13.0. The van der Waals surface area contributed by atoms with E-state index in [1.54, 1.807) is 48.3 Å². The van der Waals surface area contributed by atoms with E-state index in [2.05, 4.69) is 0 Å². The number of methoxy groups -OCH3 is 1. The first kappa shape index (κ1) is 18.8. The van der Waals surface area contributed by atoms with Gasteiger partial charge >= 0.3 is 5.97 Å². The highest BCUT2D eigenvalue weighted by molar-refractivity contribution is 5.98. The number of hydrogen-bond donors (Lipinski definition) is 0. The zero-order valence-corrected chi connectivity index (χ0v) is 15.2. The summed E-state index contributed by atoms with van der Waals surface area (Å²) in [5.74, 6) is -0.565. The third kappa shape index (κ3) is 4.43. The summed E-state index contributed by atoms with van der Waals surface area (Å²) in [7, 11) is 3.07. The predicted molar refractivity (Wildman–Crippen MR) is 98.0 cm³/mol. The third-order valence-corrected chi connectivity index (χ3v) is 4.29. The van der Waals surface area contributed by atoms with Gasteiger partial charge in [0.2, 0.25) is 12.0 Å². The number of esters is 1. The molecular formula is C20H21FN2O4. The standard InChI is InChI=1S/C20H21FN2O4/c1-22(11-14-6-5-7-15(21)10-14)13-19(24)23-12-18(20(25)26-2)27-17-9-4-3-8-16(17)23/h3-10,18H,11-13H2,1-2H3/t18-/m1/s1. The first-order valence-electron chi connectivity index (χ1n) is 8.55. The number of carbonyl (C=O) groups excluding carboxylic acids is 2. The molecule has 0 aromatic heterocycles. The van der Waals surface area contributed by atoms with Crippen molar-refractivity contribution in [2.45, 2.75) is 12.6 Å². The molecule has 0 N–H and O–H groups in total. The van der Waals surface area contributed by atoms with Gasteiger partial charge in [-0.15, -0.1) is 0 Å². The van der Waals surface area contributed by atoms with Crippen molar-refractivity contribution in [3.63, 3.8) is 0 Å². The molecule has 142 valence electrons. The topological polar surface area (TPSA) is 59.1 Å². The fourth-order valence-corrected chi connectivity index (χ4v) is 3.04. The number of fused-ring (bicyclic) bond motifs is 1. The Bertz CT molecular complexity index is 842. The molecule has 3 rings (SSSR count). The van der Waals surface area contributed by atoms with Crippen LogP contribution in [-0.4, -0.2) is 50.1 Å². The van der Waals surface area contributed by atoms with E-state index in [-0.39, 0.29) is 24.8 Å². The van der Waals surface area contributed by atoms with Crippen LogP contribution < -0.4 is 9.64 Å². The lowest BCUT2D eigenvalue weighted by molar-refractivity contribution is -0.148. The molecule has 0 saturated carbocycles. The van der Waals surface area contributed by atoms with Crippen LogP contribution in [0.5, 0.6) is 5.75 Å². The number of ether oxygens (including phenoxy) is 2. The predicted octanol–water partition coefficient (Wildman–Crippen LogP) is 2.22. The molecular weight excluding hydrogens is 351 g/mol. The molecule has 1 amide bonds. The van der Waals surface area contributed by atoms with Crippen LogP contribution in [0, 0.1) is 5.82 Å². The van der Waals surface area contributed by atoms with Gasteiger partial charge in [0.15, 0.2) is 0 Å². The monoisotopic (exact) mass is 372 g/mol. The van der Waals surface area contributed by atoms with Gasteiger partial charge in [0.25, 0.3) is 0 Å². The minimum atomic E-state index is -0.873. The van der Waals surface area contributed by atoms with Crippen molar-refractivity contribution < 1.29 is 23.5 Å². The number of para-hydroxylation sites is 2. The number of halogens is 1. The number of rotatable bonds is 5. The molecule has 1 aliphatic rings. The van der Waals surface area contributed by atoms with E-state index in [0.29, 0.717) is 18.0 Å². The maximum Gasteiger partial charge on any atom is 0.348 e. The van der Waals surface area contributed by atoms with E-state index in [0.717, 1.165) is 5.56 Å². The van der Waals surface area contributed by atoms with Gasteiger partial charge in [-0.05, 0) is 36.9 Å². The Hall–Kier alpha value is -2.93. The SMILES string of the molecule is COC(=O)[C@H]1CN(C(=O)CN(C)Cc2cccc(F)c2)c2ccccc2O1. The summed E-state index contributed by atoms with van der Waals surface area (Å²) in [5, 5.41) is 0. The molecule has 6 nitrogen and oxygen atoms in total. The summed E-state index contributed by atoms with van der Waals surface area (Å²) in [4.78, 5) is 28.1. The van der Waals surface area contributed by atoms with Crippen LogP contribution in [0.1, 0.15) is 5.56 Å². The first-order valence-corrected chi connectivity index (χ1v) is 8.55. The van der Waals surface area contributed by atoms with Crippen LogP contribution in [-0.2, 0) is 20.9 Å². The van der Waals surface area contributed by atoms with Gasteiger partial charge in [0.05, 0.1) is 25.9 Å². The summed E-state index contributed by atoms with van der Waals surface area (Å²) in [6.45, 7) is 0.616. The molecule has 1 aliphatic heterocycles. The number of hydrogen-bond acceptors (Lipinski definition) is 5. The van der Waals surface area contributed by atoms with Crippen molar-refractivity contribution in [2.24, 2.45) is 0 Å². The van der Waals surface area contributed by atoms with Gasteiger partial charge < -0.3 is 14.4 Å². The summed E-state index contributed by atoms with van der Waals surface area (Å²) < 4.78 is 23.7. The van der Waals surface area contributed by atoms with Crippen molar-refractivity contribution in [1.29, 1.82) is 0 Å². The number of likely N-dealkylation sites (N-methyl/N-ethyl adjacent to an activating group) is 1. The average molecular weight is 372 g/mol. The third-order valence-electron chi connectivity index (χ3n) is 4.29. The van der Waals surface area contributed by atoms with E-state index in [1.807, 2.05) is 0 Å². The van der Waals surface area contributed by atoms with E-state index in [9.17, 15) is 14.0 Å². The molecule has 2 aromatic rings. The molecule has 0 fully saturated rings. The average Bonchev–Trinajstić information content (AvgIpc) is 2.66. The van der Waals surface area contributed by atoms with E-state index in [1.165, 1.54) is 24.1 Å². The Morgan fingerprint density at radius 3 is 2.78 bits per heavy atom. The summed E-state index contributed by atoms with van der Waals surface area (Å²) in [6.07, 6.45) is -0.873. The molecule has 0 bridgehead atoms. The minimum absolute atomic E-state index is 0.0797. The van der Waals surface area contributed by atoms with Gasteiger partial charge in [0, 0.05) is 6.54 Å². The molecule has 27 heavy (non-hydrogen) atoms. The number of nitrogens with zero attached hydrogens (tertiary/aromatic N) is 2. The van der Waals surface area contributed by atoms with Gasteiger partial charge in [-0.3, -0.25) is 9.69 Å². The minimum Gasteiger partial charge on any atom is -0.475 e. The van der Waals surface area contributed by atoms with E-state index >= 15 is 0 Å². The lowest BCUT2D eigenvalue weighted by Gasteiger charge is -2.34. The summed E-state index contributed by atoms with van der Waals surface area (Å²) in [5.41, 5.74) is 1.39. The molecule has 0 saturated heterocycles. The fraction of sp³-hybridized carbons (Fsp3) is 0.300. The van der Waals surface area contributed by atoms with Gasteiger partial charge in [0.1, 0.15) is 11.6 Å². The van der Waals surface area contributed by atoms with Crippen LogP contribution in [0.4, 0.5) is 10.1 Å². The summed E-state index contributed by atoms with van der Waals surface area (Å²) >= 11 is 0. The Morgan fingerprint density at radius 1 is 1.26 bits per heavy atom. The number of amides is 1. The Labute approximate surface area is 157 Å². The Morgan fingerprint density at radius 2 is 2.04 bits per heavy atom. The van der Waals surface area contributed by atoms with Crippen molar-refractivity contribution in [2.75, 3.05) is 32.1 Å². The largest absolute Gasteiger partial charge is 0.475 e. The fourth-order valence-electron chi connectivity index (χ4n) is 3.04. The molecule has 1 heterocycles. The van der Waals surface area contributed by atoms with Crippen molar-refractivity contribution in [1.82, 2.24) is 4.90 Å². The zero-order valence-electron chi connectivity index (χ0n) is 15.2. The van der Waals surface area contributed by atoms with Crippen LogP contribution in [0.3, 0.4) is 0 Å². The second-order valence-electron chi connectivity index (χ2n) is 6.40. The van der Waals surface area contributed by atoms with Crippen LogP contribution >= 0.6 is 0 Å². The number of carbonyl (C=O) groups is 2. The highest BCUT2D eigenvalue weighted by atomic mass is 19.1. The lowest BCUT2D eigenvalue weighted by Crippen LogP contribution is -2.49. The molecule has 7 heteroatoms. The second kappa shape index (κ2) is 8.18. The molecule has 2 aromatic carbocycles. The van der Waals surface area contributed by atoms with Crippen molar-refractivity contribution in [3.05, 3.63) is 59.9 Å². The number of benzene rings is 2. The smallest absolute Gasteiger partial charge is 0.348 e. The maximum absolute atomic E-state index is 13.3. The highest BCUT2D eigenvalue weighted by Crippen LogP contribution is 2.33. The molecule has 0 aliphatic carbocycles. The molecule has 0 unspecified atom stereocenters. The second-order valence-corrected chi connectivity index (χ2v) is 6.40. The zero-order chi connectivity index (χ0) is 19.4. The van der Waals surface area contributed by atoms with E-state index < -0.39 is 12.1 Å². The normalized spacial score (nSPS) is 15.9. The van der Waals surface area contributed by atoms with Crippen molar-refractivity contribution >= 4 is 17.6 Å². The Kier molecular flexibility index (Phi) is 5.71. The van der Waals surface area contributed by atoms with Gasteiger partial charge in [-0.25, -0.2) is 9.18 Å². The molecule has 0 spiro atoms. The van der Waals surface area contributed by atoms with Crippen LogP contribution in [0.2, 0.25) is 0 Å². The van der Waals surface area contributed by atoms with Gasteiger partial charge in [-0.1, -0.05) is 24.3 Å². The maximum atomic E-state index is 13.3. The quantitative estimate of drug-likeness (QED) is 0.754. The highest BCUT2D eigenvalue weighted by Gasteiger charge is 2.34. The van der Waals surface area contributed by atoms with E-state index in [4.69, 9.17) is 9.47 Å². The van der Waals surface area contributed by atoms with Crippen LogP contribution in [0.15, 0.2) is 48.5 Å². The molecule has 1 atom stereocenters. The van der Waals surface area contributed by atoms with Crippen LogP contribution in [0.25, 0.3) is 0 Å². The summed E-state index contributed by atoms with van der Waals surface area (Å²) in [6, 6.07) is 13.3. The number of anilines is 1. The molecule has 0 radical (unpaired) electrons.